The molecule has 2 rings (SSSR count). The average molecular weight is 267 g/mol. The minimum Gasteiger partial charge on any atom is -0.508 e. The van der Waals surface area contributed by atoms with Crippen LogP contribution in [0.2, 0.25) is 0 Å². The Morgan fingerprint density at radius 1 is 1.44 bits per heavy atom. The molecule has 0 heterocycles. The average Bonchev–Trinajstić information content (AvgIpc) is 2.31. The van der Waals surface area contributed by atoms with E-state index in [0.717, 1.165) is 12.8 Å². The summed E-state index contributed by atoms with van der Waals surface area (Å²) < 4.78 is 0.155. The smallest absolute Gasteiger partial charge is 0.255 e. The first-order valence-corrected chi connectivity index (χ1v) is 7.14. The lowest BCUT2D eigenvalue weighted by Crippen LogP contribution is -2.45. The van der Waals surface area contributed by atoms with Crippen LogP contribution in [-0.4, -0.2) is 33.7 Å². The van der Waals surface area contributed by atoms with Crippen LogP contribution >= 0.6 is 11.8 Å². The van der Waals surface area contributed by atoms with Gasteiger partial charge >= 0.3 is 0 Å². The van der Waals surface area contributed by atoms with Crippen LogP contribution in [0.1, 0.15) is 29.6 Å². The molecule has 4 nitrogen and oxygen atoms in total. The van der Waals surface area contributed by atoms with Crippen LogP contribution in [0, 0.1) is 0 Å². The Balaban J connectivity index is 2.01. The van der Waals surface area contributed by atoms with Crippen molar-refractivity contribution in [2.45, 2.75) is 24.0 Å². The molecule has 1 aliphatic carbocycles. The number of phenols is 2. The van der Waals surface area contributed by atoms with Gasteiger partial charge in [0.25, 0.3) is 5.91 Å². The number of benzene rings is 1. The van der Waals surface area contributed by atoms with Crippen molar-refractivity contribution in [3.05, 3.63) is 23.8 Å². The van der Waals surface area contributed by atoms with Crippen LogP contribution in [0.5, 0.6) is 11.5 Å². The van der Waals surface area contributed by atoms with E-state index < -0.39 is 0 Å². The lowest BCUT2D eigenvalue weighted by molar-refractivity contribution is 0.0941. The summed E-state index contributed by atoms with van der Waals surface area (Å²) in [5, 5.41) is 21.7. The fourth-order valence-electron chi connectivity index (χ4n) is 2.07. The van der Waals surface area contributed by atoms with E-state index in [0.29, 0.717) is 6.54 Å². The van der Waals surface area contributed by atoms with Crippen LogP contribution in [0.3, 0.4) is 0 Å². The van der Waals surface area contributed by atoms with Gasteiger partial charge in [0.15, 0.2) is 0 Å². The van der Waals surface area contributed by atoms with Gasteiger partial charge in [-0.1, -0.05) is 6.42 Å². The molecule has 0 spiro atoms. The Morgan fingerprint density at radius 2 is 2.17 bits per heavy atom. The van der Waals surface area contributed by atoms with Crippen molar-refractivity contribution in [3.8, 4) is 11.5 Å². The maximum Gasteiger partial charge on any atom is 0.255 e. The van der Waals surface area contributed by atoms with Crippen LogP contribution in [-0.2, 0) is 0 Å². The van der Waals surface area contributed by atoms with Crippen molar-refractivity contribution < 1.29 is 15.0 Å². The normalized spacial score (nSPS) is 16.9. The molecule has 0 unspecified atom stereocenters. The van der Waals surface area contributed by atoms with E-state index in [2.05, 4.69) is 11.6 Å². The van der Waals surface area contributed by atoms with E-state index in [1.807, 2.05) is 0 Å². The highest BCUT2D eigenvalue weighted by Crippen LogP contribution is 2.42. The van der Waals surface area contributed by atoms with Gasteiger partial charge in [0.2, 0.25) is 0 Å². The summed E-state index contributed by atoms with van der Waals surface area (Å²) in [6.45, 7) is 0.599. The molecule has 18 heavy (non-hydrogen) atoms. The van der Waals surface area contributed by atoms with Crippen molar-refractivity contribution in [1.82, 2.24) is 5.32 Å². The number of carbonyl (C=O) groups is 1. The van der Waals surface area contributed by atoms with Gasteiger partial charge in [0.05, 0.1) is 5.56 Å². The van der Waals surface area contributed by atoms with E-state index in [1.54, 1.807) is 11.8 Å². The molecule has 1 saturated carbocycles. The van der Waals surface area contributed by atoms with Crippen LogP contribution in [0.25, 0.3) is 0 Å². The third-order valence-corrected chi connectivity index (χ3v) is 4.91. The van der Waals surface area contributed by atoms with Gasteiger partial charge in [-0.2, -0.15) is 11.8 Å². The molecular weight excluding hydrogens is 250 g/mol. The van der Waals surface area contributed by atoms with Gasteiger partial charge in [-0.05, 0) is 37.3 Å². The highest BCUT2D eigenvalue weighted by atomic mass is 32.2. The van der Waals surface area contributed by atoms with E-state index >= 15 is 0 Å². The number of aromatic hydroxyl groups is 2. The summed E-state index contributed by atoms with van der Waals surface area (Å²) in [6.07, 6.45) is 5.48. The Bertz CT molecular complexity index is 452. The zero-order valence-corrected chi connectivity index (χ0v) is 11.1. The van der Waals surface area contributed by atoms with Gasteiger partial charge in [-0.15, -0.1) is 0 Å². The van der Waals surface area contributed by atoms with Gasteiger partial charge in [-0.3, -0.25) is 4.79 Å². The fraction of sp³-hybridized carbons (Fsp3) is 0.462. The second-order valence-electron chi connectivity index (χ2n) is 4.62. The monoisotopic (exact) mass is 267 g/mol. The number of hydrogen-bond donors (Lipinski definition) is 3. The summed E-state index contributed by atoms with van der Waals surface area (Å²) in [5.74, 6) is -0.484. The fourth-order valence-corrected chi connectivity index (χ4v) is 2.98. The second kappa shape index (κ2) is 5.10. The maximum absolute atomic E-state index is 11.9. The zero-order valence-electron chi connectivity index (χ0n) is 10.3. The number of thioether (sulfide) groups is 1. The standard InChI is InChI=1S/C13H17NO3S/c1-18-13(5-2-6-13)8-14-12(17)10-7-9(15)3-4-11(10)16/h3-4,7,15-16H,2,5-6,8H2,1H3,(H,14,17). The number of rotatable bonds is 4. The van der Waals surface area contributed by atoms with Gasteiger partial charge < -0.3 is 15.5 Å². The van der Waals surface area contributed by atoms with E-state index in [4.69, 9.17) is 0 Å². The molecule has 1 fully saturated rings. The number of nitrogens with one attached hydrogen (secondary N) is 1. The SMILES string of the molecule is CSC1(CNC(=O)c2cc(O)ccc2O)CCC1. The molecule has 0 radical (unpaired) electrons. The Kier molecular flexibility index (Phi) is 3.71. The molecular formula is C13H17NO3S. The number of carbonyl (C=O) groups excluding carboxylic acids is 1. The Labute approximate surface area is 110 Å². The molecule has 0 atom stereocenters. The first-order chi connectivity index (χ1) is 8.56. The second-order valence-corrected chi connectivity index (χ2v) is 5.90. The lowest BCUT2D eigenvalue weighted by Gasteiger charge is -2.40. The van der Waals surface area contributed by atoms with E-state index in [-0.39, 0.29) is 27.7 Å². The van der Waals surface area contributed by atoms with E-state index in [9.17, 15) is 15.0 Å². The van der Waals surface area contributed by atoms with Crippen molar-refractivity contribution in [3.63, 3.8) is 0 Å². The van der Waals surface area contributed by atoms with Crippen molar-refractivity contribution in [2.24, 2.45) is 0 Å². The Morgan fingerprint density at radius 3 is 2.72 bits per heavy atom. The topological polar surface area (TPSA) is 69.6 Å². The van der Waals surface area contributed by atoms with Crippen molar-refractivity contribution in [1.29, 1.82) is 0 Å². The van der Waals surface area contributed by atoms with Crippen molar-refractivity contribution >= 4 is 17.7 Å². The molecule has 1 aromatic carbocycles. The molecule has 0 aliphatic heterocycles. The zero-order chi connectivity index (χ0) is 13.2. The van der Waals surface area contributed by atoms with Crippen LogP contribution < -0.4 is 5.32 Å². The highest BCUT2D eigenvalue weighted by molar-refractivity contribution is 8.00. The first-order valence-electron chi connectivity index (χ1n) is 5.92. The van der Waals surface area contributed by atoms with E-state index in [1.165, 1.54) is 24.6 Å². The number of phenolic OH excluding ortho intramolecular Hbond substituents is 2. The predicted octanol–water partition coefficient (Wildman–Crippen LogP) is 2.11. The molecule has 0 bridgehead atoms. The first kappa shape index (κ1) is 13.1. The summed E-state index contributed by atoms with van der Waals surface area (Å²) in [4.78, 5) is 11.9. The lowest BCUT2D eigenvalue weighted by atomic mass is 9.84. The van der Waals surface area contributed by atoms with Crippen LogP contribution in [0.4, 0.5) is 0 Å². The summed E-state index contributed by atoms with van der Waals surface area (Å²) in [6, 6.07) is 3.94. The van der Waals surface area contributed by atoms with Gasteiger partial charge in [0.1, 0.15) is 11.5 Å². The molecule has 5 heteroatoms. The third-order valence-electron chi connectivity index (χ3n) is 3.49. The highest BCUT2D eigenvalue weighted by Gasteiger charge is 2.36. The molecule has 1 aliphatic rings. The third kappa shape index (κ3) is 2.56. The molecule has 3 N–H and O–H groups in total. The van der Waals surface area contributed by atoms with Crippen molar-refractivity contribution in [2.75, 3.05) is 12.8 Å². The van der Waals surface area contributed by atoms with Crippen LogP contribution in [0.15, 0.2) is 18.2 Å². The molecule has 1 amide bonds. The maximum atomic E-state index is 11.9. The molecule has 0 aromatic heterocycles. The molecule has 98 valence electrons. The Hall–Kier alpha value is -1.36. The largest absolute Gasteiger partial charge is 0.508 e. The molecule has 1 aromatic rings. The predicted molar refractivity (Wildman–Crippen MR) is 72.2 cm³/mol. The van der Waals surface area contributed by atoms with Gasteiger partial charge in [0, 0.05) is 11.3 Å². The number of amides is 1. The summed E-state index contributed by atoms with van der Waals surface area (Å²) >= 11 is 1.78. The number of hydrogen-bond acceptors (Lipinski definition) is 4. The van der Waals surface area contributed by atoms with Gasteiger partial charge in [-0.25, -0.2) is 0 Å². The summed E-state index contributed by atoms with van der Waals surface area (Å²) in [7, 11) is 0. The summed E-state index contributed by atoms with van der Waals surface area (Å²) in [5.41, 5.74) is 0.116. The quantitative estimate of drug-likeness (QED) is 0.731. The molecule has 0 saturated heterocycles. The minimum atomic E-state index is -0.344. The minimum absolute atomic E-state index is 0.0267.